The van der Waals surface area contributed by atoms with Gasteiger partial charge in [-0.15, -0.1) is 0 Å². The van der Waals surface area contributed by atoms with Crippen molar-refractivity contribution in [1.29, 1.82) is 0 Å². The SMILES string of the molecule is CC1(CNC(=O)c2cccc(Cl)c2Cl)CCNCC1. The molecule has 2 rings (SSSR count). The van der Waals surface area contributed by atoms with E-state index in [4.69, 9.17) is 23.2 Å². The maximum absolute atomic E-state index is 12.1. The van der Waals surface area contributed by atoms with E-state index in [2.05, 4.69) is 17.6 Å². The van der Waals surface area contributed by atoms with Gasteiger partial charge in [0.25, 0.3) is 5.91 Å². The van der Waals surface area contributed by atoms with Crippen LogP contribution in [-0.2, 0) is 0 Å². The lowest BCUT2D eigenvalue weighted by molar-refractivity contribution is 0.0922. The highest BCUT2D eigenvalue weighted by Crippen LogP contribution is 2.28. The minimum absolute atomic E-state index is 0.159. The highest BCUT2D eigenvalue weighted by atomic mass is 35.5. The zero-order chi connectivity index (χ0) is 13.9. The average molecular weight is 301 g/mol. The molecule has 19 heavy (non-hydrogen) atoms. The first kappa shape index (κ1) is 14.6. The molecule has 1 aromatic carbocycles. The molecule has 2 N–H and O–H groups in total. The number of halogens is 2. The second-order valence-electron chi connectivity index (χ2n) is 5.34. The highest BCUT2D eigenvalue weighted by Gasteiger charge is 2.27. The first-order valence-corrected chi connectivity index (χ1v) is 7.20. The third kappa shape index (κ3) is 3.62. The van der Waals surface area contributed by atoms with Gasteiger partial charge in [0.2, 0.25) is 0 Å². The van der Waals surface area contributed by atoms with Crippen molar-refractivity contribution >= 4 is 29.1 Å². The monoisotopic (exact) mass is 300 g/mol. The van der Waals surface area contributed by atoms with Crippen LogP contribution in [0.4, 0.5) is 0 Å². The zero-order valence-corrected chi connectivity index (χ0v) is 12.4. The standard InChI is InChI=1S/C14H18Cl2N2O/c1-14(5-7-17-8-6-14)9-18-13(19)10-3-2-4-11(15)12(10)16/h2-4,17H,5-9H2,1H3,(H,18,19). The summed E-state index contributed by atoms with van der Waals surface area (Å²) in [6.45, 7) is 4.87. The van der Waals surface area contributed by atoms with Gasteiger partial charge in [-0.05, 0) is 43.5 Å². The molecule has 0 atom stereocenters. The van der Waals surface area contributed by atoms with Crippen LogP contribution < -0.4 is 10.6 Å². The normalized spacial score (nSPS) is 18.1. The predicted octanol–water partition coefficient (Wildman–Crippen LogP) is 3.11. The van der Waals surface area contributed by atoms with Gasteiger partial charge in [-0.3, -0.25) is 4.79 Å². The maximum Gasteiger partial charge on any atom is 0.252 e. The second kappa shape index (κ2) is 6.12. The van der Waals surface area contributed by atoms with Crippen LogP contribution in [0, 0.1) is 5.41 Å². The largest absolute Gasteiger partial charge is 0.351 e. The molecule has 0 spiro atoms. The van der Waals surface area contributed by atoms with Crippen LogP contribution >= 0.6 is 23.2 Å². The molecule has 1 aliphatic heterocycles. The Morgan fingerprint density at radius 3 is 2.74 bits per heavy atom. The number of carbonyl (C=O) groups excluding carboxylic acids is 1. The number of hydrogen-bond donors (Lipinski definition) is 2. The summed E-state index contributed by atoms with van der Waals surface area (Å²) in [5.74, 6) is -0.160. The Balaban J connectivity index is 1.99. The van der Waals surface area contributed by atoms with Crippen molar-refractivity contribution in [2.45, 2.75) is 19.8 Å². The van der Waals surface area contributed by atoms with Gasteiger partial charge in [0, 0.05) is 6.54 Å². The van der Waals surface area contributed by atoms with Crippen molar-refractivity contribution in [3.8, 4) is 0 Å². The molecule has 0 unspecified atom stereocenters. The minimum atomic E-state index is -0.160. The third-order valence-corrected chi connectivity index (χ3v) is 4.50. The van der Waals surface area contributed by atoms with Crippen LogP contribution in [0.1, 0.15) is 30.1 Å². The summed E-state index contributed by atoms with van der Waals surface area (Å²) in [5.41, 5.74) is 0.595. The van der Waals surface area contributed by atoms with Crippen molar-refractivity contribution in [1.82, 2.24) is 10.6 Å². The number of benzene rings is 1. The molecule has 0 aromatic heterocycles. The van der Waals surface area contributed by atoms with Gasteiger partial charge in [-0.1, -0.05) is 36.2 Å². The molecule has 1 aliphatic rings. The zero-order valence-electron chi connectivity index (χ0n) is 10.9. The predicted molar refractivity (Wildman–Crippen MR) is 79.0 cm³/mol. The third-order valence-electron chi connectivity index (χ3n) is 3.68. The highest BCUT2D eigenvalue weighted by molar-refractivity contribution is 6.43. The minimum Gasteiger partial charge on any atom is -0.351 e. The number of amides is 1. The molecular formula is C14H18Cl2N2O. The number of piperidine rings is 1. The fraction of sp³-hybridized carbons (Fsp3) is 0.500. The van der Waals surface area contributed by atoms with Crippen molar-refractivity contribution in [2.24, 2.45) is 5.41 Å². The lowest BCUT2D eigenvalue weighted by Crippen LogP contribution is -2.42. The van der Waals surface area contributed by atoms with E-state index in [0.29, 0.717) is 22.2 Å². The maximum atomic E-state index is 12.1. The van der Waals surface area contributed by atoms with Crippen molar-refractivity contribution in [3.63, 3.8) is 0 Å². The Morgan fingerprint density at radius 1 is 1.37 bits per heavy atom. The van der Waals surface area contributed by atoms with Gasteiger partial charge in [-0.2, -0.15) is 0 Å². The van der Waals surface area contributed by atoms with E-state index in [1.165, 1.54) is 0 Å². The number of carbonyl (C=O) groups is 1. The quantitative estimate of drug-likeness (QED) is 0.900. The Hall–Kier alpha value is -0.770. The molecule has 1 fully saturated rings. The molecule has 0 bridgehead atoms. The topological polar surface area (TPSA) is 41.1 Å². The summed E-state index contributed by atoms with van der Waals surface area (Å²) < 4.78 is 0. The average Bonchev–Trinajstić information content (AvgIpc) is 2.40. The van der Waals surface area contributed by atoms with Crippen LogP contribution in [0.15, 0.2) is 18.2 Å². The van der Waals surface area contributed by atoms with Crippen molar-refractivity contribution in [2.75, 3.05) is 19.6 Å². The van der Waals surface area contributed by atoms with Gasteiger partial charge < -0.3 is 10.6 Å². The van der Waals surface area contributed by atoms with Crippen LogP contribution in [-0.4, -0.2) is 25.5 Å². The van der Waals surface area contributed by atoms with Gasteiger partial charge in [-0.25, -0.2) is 0 Å². The van der Waals surface area contributed by atoms with Gasteiger partial charge in [0.1, 0.15) is 0 Å². The van der Waals surface area contributed by atoms with Crippen LogP contribution in [0.3, 0.4) is 0 Å². The molecule has 0 saturated carbocycles. The number of hydrogen-bond acceptors (Lipinski definition) is 2. The van der Waals surface area contributed by atoms with E-state index in [0.717, 1.165) is 25.9 Å². The van der Waals surface area contributed by atoms with Gasteiger partial charge >= 0.3 is 0 Å². The van der Waals surface area contributed by atoms with Crippen LogP contribution in [0.2, 0.25) is 10.0 Å². The Labute approximate surface area is 123 Å². The van der Waals surface area contributed by atoms with E-state index in [9.17, 15) is 4.79 Å². The lowest BCUT2D eigenvalue weighted by atomic mass is 9.81. The van der Waals surface area contributed by atoms with Crippen LogP contribution in [0.25, 0.3) is 0 Å². The Morgan fingerprint density at radius 2 is 2.05 bits per heavy atom. The van der Waals surface area contributed by atoms with E-state index in [1.54, 1.807) is 18.2 Å². The van der Waals surface area contributed by atoms with Crippen LogP contribution in [0.5, 0.6) is 0 Å². The molecule has 104 valence electrons. The second-order valence-corrected chi connectivity index (χ2v) is 6.13. The molecule has 0 aliphatic carbocycles. The number of nitrogens with one attached hydrogen (secondary N) is 2. The molecule has 1 aromatic rings. The van der Waals surface area contributed by atoms with Gasteiger partial charge in [0.05, 0.1) is 15.6 Å². The Kier molecular flexibility index (Phi) is 4.71. The first-order chi connectivity index (χ1) is 9.02. The molecule has 0 radical (unpaired) electrons. The molecule has 1 saturated heterocycles. The van der Waals surface area contributed by atoms with E-state index in [1.807, 2.05) is 0 Å². The van der Waals surface area contributed by atoms with E-state index < -0.39 is 0 Å². The molecule has 3 nitrogen and oxygen atoms in total. The van der Waals surface area contributed by atoms with Crippen molar-refractivity contribution in [3.05, 3.63) is 33.8 Å². The van der Waals surface area contributed by atoms with Crippen molar-refractivity contribution < 1.29 is 4.79 Å². The summed E-state index contributed by atoms with van der Waals surface area (Å²) in [6, 6.07) is 5.10. The summed E-state index contributed by atoms with van der Waals surface area (Å²) in [6.07, 6.45) is 2.13. The molecule has 5 heteroatoms. The number of rotatable bonds is 3. The van der Waals surface area contributed by atoms with E-state index >= 15 is 0 Å². The first-order valence-electron chi connectivity index (χ1n) is 6.45. The molecule has 1 heterocycles. The summed E-state index contributed by atoms with van der Waals surface area (Å²) >= 11 is 12.0. The fourth-order valence-corrected chi connectivity index (χ4v) is 2.66. The fourth-order valence-electron chi connectivity index (χ4n) is 2.28. The summed E-state index contributed by atoms with van der Waals surface area (Å²) in [7, 11) is 0. The smallest absolute Gasteiger partial charge is 0.252 e. The lowest BCUT2D eigenvalue weighted by Gasteiger charge is -2.34. The summed E-state index contributed by atoms with van der Waals surface area (Å²) in [4.78, 5) is 12.1. The molecular weight excluding hydrogens is 283 g/mol. The van der Waals surface area contributed by atoms with Gasteiger partial charge in [0.15, 0.2) is 0 Å². The Bertz CT molecular complexity index is 471. The molecule has 1 amide bonds. The van der Waals surface area contributed by atoms with E-state index in [-0.39, 0.29) is 11.3 Å². The summed E-state index contributed by atoms with van der Waals surface area (Å²) in [5, 5.41) is 7.01.